The van der Waals surface area contributed by atoms with E-state index in [-0.39, 0.29) is 11.9 Å². The second-order valence-corrected chi connectivity index (χ2v) is 5.10. The lowest BCUT2D eigenvalue weighted by molar-refractivity contribution is 0.617. The number of aromatic amines is 1. The first kappa shape index (κ1) is 12.8. The van der Waals surface area contributed by atoms with Crippen LogP contribution in [0.4, 0.5) is 4.39 Å². The summed E-state index contributed by atoms with van der Waals surface area (Å²) >= 11 is 0. The molecule has 2 heterocycles. The molecule has 1 unspecified atom stereocenters. The average Bonchev–Trinajstić information content (AvgIpc) is 3.19. The van der Waals surface area contributed by atoms with Gasteiger partial charge in [0, 0.05) is 12.4 Å². The first-order valence-electron chi connectivity index (χ1n) is 6.99. The van der Waals surface area contributed by atoms with E-state index in [2.05, 4.69) is 15.0 Å². The summed E-state index contributed by atoms with van der Waals surface area (Å²) in [7, 11) is 0. The van der Waals surface area contributed by atoms with E-state index in [1.165, 1.54) is 12.1 Å². The van der Waals surface area contributed by atoms with Crippen molar-refractivity contribution < 1.29 is 4.39 Å². The van der Waals surface area contributed by atoms with Crippen molar-refractivity contribution in [3.8, 4) is 0 Å². The van der Waals surface area contributed by atoms with E-state index in [4.69, 9.17) is 0 Å². The summed E-state index contributed by atoms with van der Waals surface area (Å²) < 4.78 is 15.2. The number of fused-ring (bicyclic) bond motifs is 1. The van der Waals surface area contributed by atoms with Gasteiger partial charge in [-0.2, -0.15) is 0 Å². The third kappa shape index (κ3) is 2.16. The quantitative estimate of drug-likeness (QED) is 0.628. The molecule has 0 aliphatic heterocycles. The molecular weight excluding hydrogens is 279 g/mol. The van der Waals surface area contributed by atoms with Gasteiger partial charge >= 0.3 is 0 Å². The molecule has 2 aromatic carbocycles. The first-order valence-corrected chi connectivity index (χ1v) is 6.99. The largest absolute Gasteiger partial charge is 0.340 e. The fraction of sp³-hybridized carbons (Fsp3) is 0.0588. The van der Waals surface area contributed by atoms with Gasteiger partial charge in [-0.1, -0.05) is 24.3 Å². The summed E-state index contributed by atoms with van der Waals surface area (Å²) in [5, 5.41) is 0. The van der Waals surface area contributed by atoms with Crippen LogP contribution in [0.5, 0.6) is 0 Å². The van der Waals surface area contributed by atoms with Crippen LogP contribution >= 0.6 is 0 Å². The standard InChI is InChI=1S/C17H13FN4/c18-13-7-5-12(6-8-13)16(22-10-9-19-11-22)17-20-14-3-1-2-4-15(14)21-17/h1-11,16H,(H,20,21). The van der Waals surface area contributed by atoms with Crippen molar-refractivity contribution in [1.82, 2.24) is 19.5 Å². The molecule has 22 heavy (non-hydrogen) atoms. The van der Waals surface area contributed by atoms with Crippen molar-refractivity contribution in [2.75, 3.05) is 0 Å². The molecule has 0 radical (unpaired) electrons. The normalized spacial score (nSPS) is 12.6. The molecule has 5 heteroatoms. The SMILES string of the molecule is Fc1ccc(C(c2nc3ccccc3[nH]2)n2ccnc2)cc1. The van der Waals surface area contributed by atoms with E-state index in [1.807, 2.05) is 35.0 Å². The van der Waals surface area contributed by atoms with Gasteiger partial charge in [0.05, 0.1) is 17.4 Å². The minimum atomic E-state index is -0.252. The summed E-state index contributed by atoms with van der Waals surface area (Å²) in [4.78, 5) is 12.1. The maximum atomic E-state index is 13.2. The number of rotatable bonds is 3. The highest BCUT2D eigenvalue weighted by molar-refractivity contribution is 5.75. The van der Waals surface area contributed by atoms with Gasteiger partial charge in [0.1, 0.15) is 17.7 Å². The fourth-order valence-corrected chi connectivity index (χ4v) is 2.64. The summed E-state index contributed by atoms with van der Waals surface area (Å²) in [6, 6.07) is 14.2. The predicted molar refractivity (Wildman–Crippen MR) is 82.0 cm³/mol. The smallest absolute Gasteiger partial charge is 0.135 e. The molecule has 4 nitrogen and oxygen atoms in total. The zero-order valence-electron chi connectivity index (χ0n) is 11.6. The third-order valence-corrected chi connectivity index (χ3v) is 3.68. The van der Waals surface area contributed by atoms with Gasteiger partial charge in [-0.15, -0.1) is 0 Å². The number of nitrogens with one attached hydrogen (secondary N) is 1. The van der Waals surface area contributed by atoms with Crippen molar-refractivity contribution in [3.63, 3.8) is 0 Å². The van der Waals surface area contributed by atoms with Crippen LogP contribution < -0.4 is 0 Å². The van der Waals surface area contributed by atoms with Gasteiger partial charge < -0.3 is 9.55 Å². The molecule has 4 aromatic rings. The Morgan fingerprint density at radius 1 is 1.05 bits per heavy atom. The molecule has 0 amide bonds. The minimum Gasteiger partial charge on any atom is -0.340 e. The summed E-state index contributed by atoms with van der Waals surface area (Å²) in [5.74, 6) is 0.545. The molecule has 0 aliphatic carbocycles. The van der Waals surface area contributed by atoms with E-state index in [1.54, 1.807) is 24.7 Å². The van der Waals surface area contributed by atoms with Gasteiger partial charge in [0.25, 0.3) is 0 Å². The topological polar surface area (TPSA) is 46.5 Å². The maximum absolute atomic E-state index is 13.2. The van der Waals surface area contributed by atoms with E-state index in [0.29, 0.717) is 0 Å². The van der Waals surface area contributed by atoms with Gasteiger partial charge in [-0.3, -0.25) is 0 Å². The van der Waals surface area contributed by atoms with Crippen LogP contribution in [0.15, 0.2) is 67.3 Å². The molecular formula is C17H13FN4. The number of para-hydroxylation sites is 2. The number of H-pyrrole nitrogens is 1. The average molecular weight is 292 g/mol. The zero-order chi connectivity index (χ0) is 14.9. The predicted octanol–water partition coefficient (Wildman–Crippen LogP) is 3.54. The molecule has 108 valence electrons. The molecule has 1 atom stereocenters. The molecule has 0 spiro atoms. The number of hydrogen-bond donors (Lipinski definition) is 1. The van der Waals surface area contributed by atoms with Crippen molar-refractivity contribution in [3.05, 3.63) is 84.5 Å². The molecule has 0 bridgehead atoms. The minimum absolute atomic E-state index is 0.171. The van der Waals surface area contributed by atoms with Crippen LogP contribution in [0, 0.1) is 5.82 Å². The Labute approximate surface area is 126 Å². The Bertz CT molecular complexity index is 861. The Balaban J connectivity index is 1.88. The lowest BCUT2D eigenvalue weighted by Crippen LogP contribution is -2.12. The summed E-state index contributed by atoms with van der Waals surface area (Å²) in [6.45, 7) is 0. The Morgan fingerprint density at radius 2 is 1.86 bits per heavy atom. The van der Waals surface area contributed by atoms with E-state index in [9.17, 15) is 4.39 Å². The molecule has 0 saturated carbocycles. The van der Waals surface area contributed by atoms with Crippen LogP contribution in [-0.2, 0) is 0 Å². The van der Waals surface area contributed by atoms with Crippen molar-refractivity contribution in [2.24, 2.45) is 0 Å². The van der Waals surface area contributed by atoms with Gasteiger partial charge in [-0.05, 0) is 29.8 Å². The second kappa shape index (κ2) is 5.11. The number of hydrogen-bond acceptors (Lipinski definition) is 2. The second-order valence-electron chi connectivity index (χ2n) is 5.10. The van der Waals surface area contributed by atoms with Gasteiger partial charge in [-0.25, -0.2) is 14.4 Å². The molecule has 4 rings (SSSR count). The zero-order valence-corrected chi connectivity index (χ0v) is 11.6. The third-order valence-electron chi connectivity index (χ3n) is 3.68. The monoisotopic (exact) mass is 292 g/mol. The molecule has 1 N–H and O–H groups in total. The molecule has 2 aromatic heterocycles. The summed E-state index contributed by atoms with van der Waals surface area (Å²) in [5.41, 5.74) is 2.83. The Morgan fingerprint density at radius 3 is 2.59 bits per heavy atom. The van der Waals surface area contributed by atoms with Gasteiger partial charge in [0.2, 0.25) is 0 Å². The number of nitrogens with zero attached hydrogens (tertiary/aromatic N) is 3. The number of imidazole rings is 2. The number of aromatic nitrogens is 4. The highest BCUT2D eigenvalue weighted by Gasteiger charge is 2.19. The van der Waals surface area contributed by atoms with Gasteiger partial charge in [0.15, 0.2) is 0 Å². The highest BCUT2D eigenvalue weighted by atomic mass is 19.1. The maximum Gasteiger partial charge on any atom is 0.135 e. The van der Waals surface area contributed by atoms with Crippen LogP contribution in [0.1, 0.15) is 17.4 Å². The van der Waals surface area contributed by atoms with E-state index < -0.39 is 0 Å². The van der Waals surface area contributed by atoms with Crippen LogP contribution in [0.2, 0.25) is 0 Å². The van der Waals surface area contributed by atoms with Crippen LogP contribution in [0.3, 0.4) is 0 Å². The van der Waals surface area contributed by atoms with E-state index in [0.717, 1.165) is 22.4 Å². The number of halogens is 1. The fourth-order valence-electron chi connectivity index (χ4n) is 2.64. The van der Waals surface area contributed by atoms with Crippen molar-refractivity contribution >= 4 is 11.0 Å². The van der Waals surface area contributed by atoms with Crippen LogP contribution in [-0.4, -0.2) is 19.5 Å². The molecule has 0 saturated heterocycles. The Kier molecular flexibility index (Phi) is 2.96. The lowest BCUT2D eigenvalue weighted by Gasteiger charge is -2.16. The van der Waals surface area contributed by atoms with E-state index >= 15 is 0 Å². The van der Waals surface area contributed by atoms with Crippen molar-refractivity contribution in [1.29, 1.82) is 0 Å². The molecule has 0 fully saturated rings. The lowest BCUT2D eigenvalue weighted by atomic mass is 10.1. The Hall–Kier alpha value is -2.95. The highest BCUT2D eigenvalue weighted by Crippen LogP contribution is 2.26. The first-order chi connectivity index (χ1) is 10.8. The van der Waals surface area contributed by atoms with Crippen LogP contribution in [0.25, 0.3) is 11.0 Å². The van der Waals surface area contributed by atoms with Crippen molar-refractivity contribution in [2.45, 2.75) is 6.04 Å². The number of benzene rings is 2. The summed E-state index contributed by atoms with van der Waals surface area (Å²) in [6.07, 6.45) is 5.33. The molecule has 0 aliphatic rings.